The summed E-state index contributed by atoms with van der Waals surface area (Å²) in [6.45, 7) is 3.91. The molecule has 0 spiro atoms. The molecule has 6 heteroatoms. The van der Waals surface area contributed by atoms with Gasteiger partial charge in [-0.05, 0) is 30.4 Å². The molecule has 1 N–H and O–H groups in total. The Morgan fingerprint density at radius 2 is 2.25 bits per heavy atom. The number of carbonyl (C=O) groups is 2. The van der Waals surface area contributed by atoms with Crippen LogP contribution < -0.4 is 5.32 Å². The second kappa shape index (κ2) is 8.34. The van der Waals surface area contributed by atoms with Gasteiger partial charge < -0.3 is 14.5 Å². The molecule has 1 aromatic heterocycles. The van der Waals surface area contributed by atoms with Crippen LogP contribution in [0.5, 0.6) is 0 Å². The number of rotatable bonds is 5. The second-order valence-corrected chi connectivity index (χ2v) is 6.20. The number of nitrogens with zero attached hydrogens (tertiary/aromatic N) is 1. The van der Waals surface area contributed by atoms with Crippen molar-refractivity contribution in [2.75, 3.05) is 6.61 Å². The Morgan fingerprint density at radius 3 is 2.92 bits per heavy atom. The zero-order valence-corrected chi connectivity index (χ0v) is 14.0. The van der Waals surface area contributed by atoms with Gasteiger partial charge >= 0.3 is 5.97 Å². The van der Waals surface area contributed by atoms with Gasteiger partial charge in [0.1, 0.15) is 17.4 Å². The number of carbonyl (C=O) groups excluding carboxylic acids is 2. The Balaban J connectivity index is 1.84. The molecule has 1 aliphatic carbocycles. The summed E-state index contributed by atoms with van der Waals surface area (Å²) in [6.07, 6.45) is 5.91. The Kier molecular flexibility index (Phi) is 6.19. The number of esters is 1. The first kappa shape index (κ1) is 17.8. The molecule has 1 heterocycles. The molecule has 0 aliphatic heterocycles. The Bertz CT molecular complexity index is 642. The second-order valence-electron chi connectivity index (χ2n) is 6.20. The monoisotopic (exact) mass is 330 g/mol. The van der Waals surface area contributed by atoms with E-state index in [2.05, 4.69) is 19.2 Å². The highest BCUT2D eigenvalue weighted by molar-refractivity contribution is 5.98. The standard InChI is InChI=1S/C18H22N2O4/c1-12-5-3-7-16(13(12)2)20-17(21)11-24-18(22)14(10-19)9-15-6-4-8-23-15/h4,6,8-9,12-13,16H,3,5,7,11H2,1-2H3,(H,20,21)/b14-9+/t12-,13+,16-/m0/s1. The first-order valence-electron chi connectivity index (χ1n) is 8.13. The van der Waals surface area contributed by atoms with Crippen LogP contribution in [0.1, 0.15) is 38.9 Å². The average molecular weight is 330 g/mol. The molecular weight excluding hydrogens is 308 g/mol. The molecule has 0 unspecified atom stereocenters. The van der Waals surface area contributed by atoms with Crippen molar-refractivity contribution >= 4 is 18.0 Å². The van der Waals surface area contributed by atoms with Gasteiger partial charge in [-0.3, -0.25) is 4.79 Å². The highest BCUT2D eigenvalue weighted by atomic mass is 16.5. The molecule has 1 fully saturated rings. The summed E-state index contributed by atoms with van der Waals surface area (Å²) in [4.78, 5) is 23.9. The van der Waals surface area contributed by atoms with E-state index in [9.17, 15) is 9.59 Å². The molecule has 6 nitrogen and oxygen atoms in total. The van der Waals surface area contributed by atoms with Crippen molar-refractivity contribution in [3.63, 3.8) is 0 Å². The number of furan rings is 1. The van der Waals surface area contributed by atoms with E-state index in [-0.39, 0.29) is 17.5 Å². The lowest BCUT2D eigenvalue weighted by molar-refractivity contribution is -0.144. The van der Waals surface area contributed by atoms with Gasteiger partial charge in [0, 0.05) is 12.1 Å². The van der Waals surface area contributed by atoms with Crippen molar-refractivity contribution < 1.29 is 18.7 Å². The van der Waals surface area contributed by atoms with Crippen LogP contribution in [-0.4, -0.2) is 24.5 Å². The topological polar surface area (TPSA) is 92.3 Å². The van der Waals surface area contributed by atoms with E-state index < -0.39 is 12.6 Å². The van der Waals surface area contributed by atoms with Gasteiger partial charge in [-0.15, -0.1) is 0 Å². The Labute approximate surface area is 141 Å². The predicted molar refractivity (Wildman–Crippen MR) is 87.4 cm³/mol. The summed E-state index contributed by atoms with van der Waals surface area (Å²) in [5.41, 5.74) is -0.211. The van der Waals surface area contributed by atoms with Crippen LogP contribution in [-0.2, 0) is 14.3 Å². The van der Waals surface area contributed by atoms with Crippen molar-refractivity contribution in [3.8, 4) is 6.07 Å². The van der Waals surface area contributed by atoms with Gasteiger partial charge in [0.25, 0.3) is 5.91 Å². The number of hydrogen-bond donors (Lipinski definition) is 1. The smallest absolute Gasteiger partial charge is 0.349 e. The number of nitriles is 1. The molecule has 1 aliphatic rings. The van der Waals surface area contributed by atoms with Gasteiger partial charge in [0.05, 0.1) is 6.26 Å². The van der Waals surface area contributed by atoms with E-state index in [1.807, 2.05) is 0 Å². The molecule has 1 amide bonds. The van der Waals surface area contributed by atoms with Gasteiger partial charge in [0.15, 0.2) is 6.61 Å². The molecule has 2 rings (SSSR count). The lowest BCUT2D eigenvalue weighted by Gasteiger charge is -2.34. The Morgan fingerprint density at radius 1 is 1.46 bits per heavy atom. The predicted octanol–water partition coefficient (Wildman–Crippen LogP) is 2.67. The van der Waals surface area contributed by atoms with Crippen LogP contribution in [0.15, 0.2) is 28.4 Å². The van der Waals surface area contributed by atoms with Crippen LogP contribution in [0.3, 0.4) is 0 Å². The summed E-state index contributed by atoms with van der Waals surface area (Å²) in [5, 5.41) is 11.9. The molecular formula is C18H22N2O4. The SMILES string of the molecule is C[C@H]1[C@@H](NC(=O)COC(=O)/C(C#N)=C/c2ccco2)CCC[C@@H]1C. The zero-order chi connectivity index (χ0) is 17.5. The van der Waals surface area contributed by atoms with E-state index in [1.54, 1.807) is 18.2 Å². The minimum atomic E-state index is -0.839. The van der Waals surface area contributed by atoms with Crippen LogP contribution in [0.4, 0.5) is 0 Å². The zero-order valence-electron chi connectivity index (χ0n) is 14.0. The molecule has 0 radical (unpaired) electrons. The minimum absolute atomic E-state index is 0.106. The average Bonchev–Trinajstić information content (AvgIpc) is 3.08. The number of amides is 1. The van der Waals surface area contributed by atoms with Crippen molar-refractivity contribution in [1.82, 2.24) is 5.32 Å². The van der Waals surface area contributed by atoms with Gasteiger partial charge in [-0.2, -0.15) is 5.26 Å². The van der Waals surface area contributed by atoms with Crippen molar-refractivity contribution in [2.45, 2.75) is 39.2 Å². The third-order valence-corrected chi connectivity index (χ3v) is 4.56. The lowest BCUT2D eigenvalue weighted by atomic mass is 9.78. The number of hydrogen-bond acceptors (Lipinski definition) is 5. The van der Waals surface area contributed by atoms with E-state index in [4.69, 9.17) is 14.4 Å². The highest BCUT2D eigenvalue weighted by Crippen LogP contribution is 2.29. The number of nitrogens with one attached hydrogen (secondary N) is 1. The molecule has 24 heavy (non-hydrogen) atoms. The summed E-state index contributed by atoms with van der Waals surface area (Å²) >= 11 is 0. The summed E-state index contributed by atoms with van der Waals surface area (Å²) in [6, 6.07) is 5.12. The summed E-state index contributed by atoms with van der Waals surface area (Å²) < 4.78 is 9.98. The van der Waals surface area contributed by atoms with Crippen LogP contribution in [0.2, 0.25) is 0 Å². The molecule has 1 saturated carbocycles. The van der Waals surface area contributed by atoms with Crippen molar-refractivity contribution in [1.29, 1.82) is 5.26 Å². The number of ether oxygens (including phenoxy) is 1. The maximum atomic E-state index is 12.0. The normalized spacial score (nSPS) is 24.0. The lowest BCUT2D eigenvalue weighted by Crippen LogP contribution is -2.45. The fraction of sp³-hybridized carbons (Fsp3) is 0.500. The molecule has 0 saturated heterocycles. The Hall–Kier alpha value is -2.55. The van der Waals surface area contributed by atoms with Crippen LogP contribution in [0.25, 0.3) is 6.08 Å². The molecule has 3 atom stereocenters. The molecule has 128 valence electrons. The van der Waals surface area contributed by atoms with Gasteiger partial charge in [-0.1, -0.05) is 26.7 Å². The fourth-order valence-corrected chi connectivity index (χ4v) is 2.90. The van der Waals surface area contributed by atoms with Crippen molar-refractivity contribution in [2.24, 2.45) is 11.8 Å². The van der Waals surface area contributed by atoms with Crippen LogP contribution >= 0.6 is 0 Å². The first-order chi connectivity index (χ1) is 11.5. The van der Waals surface area contributed by atoms with E-state index in [1.165, 1.54) is 18.8 Å². The van der Waals surface area contributed by atoms with Gasteiger partial charge in [0.2, 0.25) is 0 Å². The van der Waals surface area contributed by atoms with Crippen molar-refractivity contribution in [3.05, 3.63) is 29.7 Å². The molecule has 0 bridgehead atoms. The summed E-state index contributed by atoms with van der Waals surface area (Å²) in [5.74, 6) is 0.150. The molecule has 1 aromatic rings. The maximum absolute atomic E-state index is 12.0. The van der Waals surface area contributed by atoms with Gasteiger partial charge in [-0.25, -0.2) is 4.79 Å². The van der Waals surface area contributed by atoms with E-state index >= 15 is 0 Å². The van der Waals surface area contributed by atoms with E-state index in [0.29, 0.717) is 17.6 Å². The summed E-state index contributed by atoms with van der Waals surface area (Å²) in [7, 11) is 0. The molecule has 0 aromatic carbocycles. The first-order valence-corrected chi connectivity index (χ1v) is 8.13. The fourth-order valence-electron chi connectivity index (χ4n) is 2.90. The van der Waals surface area contributed by atoms with Crippen LogP contribution in [0, 0.1) is 23.2 Å². The third-order valence-electron chi connectivity index (χ3n) is 4.56. The highest BCUT2D eigenvalue weighted by Gasteiger charge is 2.28. The largest absolute Gasteiger partial charge is 0.465 e. The van der Waals surface area contributed by atoms with E-state index in [0.717, 1.165) is 12.8 Å². The maximum Gasteiger partial charge on any atom is 0.349 e. The minimum Gasteiger partial charge on any atom is -0.465 e. The quantitative estimate of drug-likeness (QED) is 0.509. The third kappa shape index (κ3) is 4.72.